The molecule has 0 saturated heterocycles. The molecule has 0 atom stereocenters. The number of rotatable bonds is 2. The van der Waals surface area contributed by atoms with E-state index in [1.807, 2.05) is 6.07 Å². The van der Waals surface area contributed by atoms with E-state index in [1.165, 1.54) is 4.57 Å². The lowest BCUT2D eigenvalue weighted by Crippen LogP contribution is -2.23. The molecular formula is C14H11ClN2O2. The molecule has 0 saturated carbocycles. The van der Waals surface area contributed by atoms with Crippen molar-refractivity contribution in [3.8, 4) is 17.5 Å². The van der Waals surface area contributed by atoms with Gasteiger partial charge in [0, 0.05) is 11.4 Å². The third-order valence-electron chi connectivity index (χ3n) is 2.79. The van der Waals surface area contributed by atoms with Crippen molar-refractivity contribution >= 4 is 11.6 Å². The van der Waals surface area contributed by atoms with Gasteiger partial charge in [0.05, 0.1) is 12.1 Å². The summed E-state index contributed by atoms with van der Waals surface area (Å²) in [5, 5.41) is 9.15. The Balaban J connectivity index is 2.68. The second kappa shape index (κ2) is 5.17. The van der Waals surface area contributed by atoms with Crippen LogP contribution < -0.4 is 10.3 Å². The van der Waals surface area contributed by atoms with Crippen LogP contribution in [0.15, 0.2) is 35.1 Å². The van der Waals surface area contributed by atoms with Gasteiger partial charge in [0.2, 0.25) is 0 Å². The van der Waals surface area contributed by atoms with Gasteiger partial charge in [-0.15, -0.1) is 0 Å². The lowest BCUT2D eigenvalue weighted by molar-refractivity contribution is 0.414. The van der Waals surface area contributed by atoms with Gasteiger partial charge in [-0.2, -0.15) is 5.26 Å². The first-order valence-corrected chi connectivity index (χ1v) is 5.93. The minimum Gasteiger partial charge on any atom is -0.497 e. The molecule has 4 nitrogen and oxygen atoms in total. The van der Waals surface area contributed by atoms with Crippen molar-refractivity contribution in [1.82, 2.24) is 4.57 Å². The van der Waals surface area contributed by atoms with Crippen LogP contribution in [-0.4, -0.2) is 11.7 Å². The number of ether oxygens (including phenoxy) is 1. The maximum absolute atomic E-state index is 12.2. The molecule has 0 bridgehead atoms. The molecule has 0 N–H and O–H groups in total. The highest BCUT2D eigenvalue weighted by Crippen LogP contribution is 2.18. The molecule has 0 aliphatic rings. The van der Waals surface area contributed by atoms with Crippen LogP contribution in [0.25, 0.3) is 5.69 Å². The van der Waals surface area contributed by atoms with Crippen LogP contribution in [0, 0.1) is 18.3 Å². The first-order valence-electron chi connectivity index (χ1n) is 5.55. The Morgan fingerprint density at radius 2 is 1.95 bits per heavy atom. The first-order chi connectivity index (χ1) is 9.08. The van der Waals surface area contributed by atoms with Gasteiger partial charge in [-0.3, -0.25) is 9.36 Å². The topological polar surface area (TPSA) is 55.0 Å². The fraction of sp³-hybridized carbons (Fsp3) is 0.143. The van der Waals surface area contributed by atoms with Crippen molar-refractivity contribution in [1.29, 1.82) is 5.26 Å². The number of benzene rings is 1. The molecular weight excluding hydrogens is 264 g/mol. The second-order valence-corrected chi connectivity index (χ2v) is 4.37. The van der Waals surface area contributed by atoms with E-state index in [0.29, 0.717) is 17.1 Å². The molecule has 0 aliphatic heterocycles. The molecule has 0 aliphatic carbocycles. The van der Waals surface area contributed by atoms with Crippen LogP contribution in [0.1, 0.15) is 11.3 Å². The number of hydrogen-bond acceptors (Lipinski definition) is 3. The highest BCUT2D eigenvalue weighted by Gasteiger charge is 2.12. The number of halogens is 1. The third-order valence-corrected chi connectivity index (χ3v) is 3.08. The van der Waals surface area contributed by atoms with Gasteiger partial charge in [-0.05, 0) is 37.3 Å². The number of aryl methyl sites for hydroxylation is 1. The molecule has 5 heteroatoms. The summed E-state index contributed by atoms with van der Waals surface area (Å²) in [7, 11) is 1.57. The molecule has 19 heavy (non-hydrogen) atoms. The molecule has 96 valence electrons. The summed E-state index contributed by atoms with van der Waals surface area (Å²) in [4.78, 5) is 12.2. The zero-order chi connectivity index (χ0) is 14.0. The monoisotopic (exact) mass is 274 g/mol. The van der Waals surface area contributed by atoms with E-state index in [-0.39, 0.29) is 10.6 Å². The van der Waals surface area contributed by atoms with Crippen molar-refractivity contribution in [3.05, 3.63) is 57.0 Å². The second-order valence-electron chi connectivity index (χ2n) is 3.96. The van der Waals surface area contributed by atoms with Crippen molar-refractivity contribution in [2.45, 2.75) is 6.92 Å². The molecule has 2 aromatic rings. The fourth-order valence-corrected chi connectivity index (χ4v) is 2.13. The quantitative estimate of drug-likeness (QED) is 0.846. The van der Waals surface area contributed by atoms with Gasteiger partial charge in [0.1, 0.15) is 17.4 Å². The zero-order valence-electron chi connectivity index (χ0n) is 10.5. The average molecular weight is 275 g/mol. The summed E-state index contributed by atoms with van der Waals surface area (Å²) < 4.78 is 6.52. The lowest BCUT2D eigenvalue weighted by Gasteiger charge is -2.11. The largest absolute Gasteiger partial charge is 0.497 e. The molecule has 1 heterocycles. The Labute approximate surface area is 115 Å². The molecule has 0 unspecified atom stereocenters. The van der Waals surface area contributed by atoms with E-state index < -0.39 is 5.56 Å². The number of hydrogen-bond donors (Lipinski definition) is 0. The summed E-state index contributed by atoms with van der Waals surface area (Å²) in [6.45, 7) is 1.76. The Morgan fingerprint density at radius 1 is 1.32 bits per heavy atom. The predicted octanol–water partition coefficient (Wildman–Crippen LogP) is 2.68. The van der Waals surface area contributed by atoms with E-state index in [0.717, 1.165) is 0 Å². The molecule has 0 spiro atoms. The summed E-state index contributed by atoms with van der Waals surface area (Å²) >= 11 is 5.89. The standard InChI is InChI=1S/C14H11ClN2O2/c1-9-7-13(15)12(8-16)14(18)17(9)10-3-5-11(19-2)6-4-10/h3-7H,1-2H3. The van der Waals surface area contributed by atoms with Gasteiger partial charge in [-0.1, -0.05) is 11.6 Å². The van der Waals surface area contributed by atoms with Gasteiger partial charge >= 0.3 is 0 Å². The van der Waals surface area contributed by atoms with Crippen LogP contribution in [0.2, 0.25) is 5.02 Å². The Bertz CT molecular complexity index is 712. The van der Waals surface area contributed by atoms with Gasteiger partial charge in [0.25, 0.3) is 5.56 Å². The van der Waals surface area contributed by atoms with E-state index in [2.05, 4.69) is 0 Å². The summed E-state index contributed by atoms with van der Waals surface area (Å²) in [5.74, 6) is 0.698. The predicted molar refractivity (Wildman–Crippen MR) is 73.1 cm³/mol. The number of nitriles is 1. The molecule has 1 aromatic heterocycles. The lowest BCUT2D eigenvalue weighted by atomic mass is 10.2. The zero-order valence-corrected chi connectivity index (χ0v) is 11.2. The smallest absolute Gasteiger partial charge is 0.274 e. The molecule has 0 amide bonds. The van der Waals surface area contributed by atoms with Crippen LogP contribution in [-0.2, 0) is 0 Å². The Morgan fingerprint density at radius 3 is 2.47 bits per heavy atom. The minimum absolute atomic E-state index is 0.0527. The van der Waals surface area contributed by atoms with Crippen molar-refractivity contribution in [2.75, 3.05) is 7.11 Å². The minimum atomic E-state index is -0.419. The highest BCUT2D eigenvalue weighted by molar-refractivity contribution is 6.31. The summed E-state index contributed by atoms with van der Waals surface area (Å²) in [6.07, 6.45) is 0. The van der Waals surface area contributed by atoms with Crippen molar-refractivity contribution in [2.24, 2.45) is 0 Å². The van der Waals surface area contributed by atoms with Gasteiger partial charge in [0.15, 0.2) is 0 Å². The van der Waals surface area contributed by atoms with E-state index in [1.54, 1.807) is 44.4 Å². The molecule has 2 rings (SSSR count). The first kappa shape index (κ1) is 13.2. The molecule has 0 fully saturated rings. The Hall–Kier alpha value is -2.25. The SMILES string of the molecule is COc1ccc(-n2c(C)cc(Cl)c(C#N)c2=O)cc1. The number of nitrogens with zero attached hydrogens (tertiary/aromatic N) is 2. The molecule has 0 radical (unpaired) electrons. The van der Waals surface area contributed by atoms with Crippen molar-refractivity contribution in [3.63, 3.8) is 0 Å². The van der Waals surface area contributed by atoms with Crippen LogP contribution in [0.4, 0.5) is 0 Å². The number of pyridine rings is 1. The maximum atomic E-state index is 12.2. The average Bonchev–Trinajstić information content (AvgIpc) is 2.39. The van der Waals surface area contributed by atoms with Gasteiger partial charge < -0.3 is 4.74 Å². The van der Waals surface area contributed by atoms with Crippen LogP contribution in [0.3, 0.4) is 0 Å². The van der Waals surface area contributed by atoms with E-state index in [9.17, 15) is 4.79 Å². The third kappa shape index (κ3) is 2.33. The van der Waals surface area contributed by atoms with Crippen LogP contribution >= 0.6 is 11.6 Å². The number of methoxy groups -OCH3 is 1. The fourth-order valence-electron chi connectivity index (χ4n) is 1.85. The van der Waals surface area contributed by atoms with Gasteiger partial charge in [-0.25, -0.2) is 0 Å². The summed E-state index contributed by atoms with van der Waals surface area (Å²) in [6, 6.07) is 10.4. The van der Waals surface area contributed by atoms with E-state index >= 15 is 0 Å². The maximum Gasteiger partial charge on any atom is 0.274 e. The van der Waals surface area contributed by atoms with Crippen LogP contribution in [0.5, 0.6) is 5.75 Å². The summed E-state index contributed by atoms with van der Waals surface area (Å²) in [5.41, 5.74) is 0.858. The highest BCUT2D eigenvalue weighted by atomic mass is 35.5. The normalized spacial score (nSPS) is 10.0. The van der Waals surface area contributed by atoms with Crippen molar-refractivity contribution < 1.29 is 4.74 Å². The van der Waals surface area contributed by atoms with E-state index in [4.69, 9.17) is 21.6 Å². The number of aromatic nitrogens is 1. The Kier molecular flexibility index (Phi) is 3.59. The molecule has 1 aromatic carbocycles.